The first-order valence-corrected chi connectivity index (χ1v) is 7.73. The number of benzene rings is 1. The number of carbonyl (C=O) groups excluding carboxylic acids is 1. The van der Waals surface area contributed by atoms with Gasteiger partial charge in [-0.1, -0.05) is 0 Å². The van der Waals surface area contributed by atoms with Crippen LogP contribution in [0.25, 0.3) is 0 Å². The molecule has 0 spiro atoms. The van der Waals surface area contributed by atoms with Crippen LogP contribution in [0.4, 0.5) is 25.0 Å². The van der Waals surface area contributed by atoms with Crippen molar-refractivity contribution in [2.24, 2.45) is 0 Å². The summed E-state index contributed by atoms with van der Waals surface area (Å²) in [6, 6.07) is 4.77. The van der Waals surface area contributed by atoms with Crippen molar-refractivity contribution < 1.29 is 23.0 Å². The summed E-state index contributed by atoms with van der Waals surface area (Å²) >= 11 is 0. The summed E-state index contributed by atoms with van der Waals surface area (Å²) in [5, 5.41) is 0. The highest BCUT2D eigenvalue weighted by atomic mass is 19.3. The Balaban J connectivity index is 1.98. The van der Waals surface area contributed by atoms with E-state index in [1.54, 1.807) is 11.0 Å². The average Bonchev–Trinajstić information content (AvgIpc) is 2.47. The van der Waals surface area contributed by atoms with Crippen LogP contribution in [0.2, 0.25) is 0 Å². The molecule has 0 radical (unpaired) electrons. The van der Waals surface area contributed by atoms with Crippen LogP contribution in [0.3, 0.4) is 0 Å². The number of hydrogen-bond acceptors (Lipinski definition) is 5. The van der Waals surface area contributed by atoms with Crippen LogP contribution in [-0.2, 0) is 4.74 Å². The summed E-state index contributed by atoms with van der Waals surface area (Å²) in [5.74, 6) is -0.0444. The Morgan fingerprint density at radius 1 is 1.21 bits per heavy atom. The number of ether oxygens (including phenoxy) is 2. The van der Waals surface area contributed by atoms with Gasteiger partial charge in [0.1, 0.15) is 5.60 Å². The Morgan fingerprint density at radius 2 is 1.83 bits per heavy atom. The van der Waals surface area contributed by atoms with E-state index in [2.05, 4.69) is 4.74 Å². The van der Waals surface area contributed by atoms with Gasteiger partial charge in [0.2, 0.25) is 0 Å². The first kappa shape index (κ1) is 18.1. The van der Waals surface area contributed by atoms with E-state index in [1.807, 2.05) is 25.7 Å². The van der Waals surface area contributed by atoms with Crippen molar-refractivity contribution >= 4 is 17.5 Å². The van der Waals surface area contributed by atoms with E-state index in [1.165, 1.54) is 12.1 Å². The zero-order chi connectivity index (χ0) is 17.9. The van der Waals surface area contributed by atoms with Crippen molar-refractivity contribution in [1.82, 2.24) is 4.90 Å². The lowest BCUT2D eigenvalue weighted by atomic mass is 10.2. The molecular weight excluding hydrogens is 320 g/mol. The van der Waals surface area contributed by atoms with Crippen LogP contribution in [0.1, 0.15) is 20.8 Å². The lowest BCUT2D eigenvalue weighted by Gasteiger charge is -2.36. The monoisotopic (exact) mass is 343 g/mol. The Hall–Kier alpha value is -2.25. The molecule has 0 bridgehead atoms. The average molecular weight is 343 g/mol. The zero-order valence-electron chi connectivity index (χ0n) is 14.1. The van der Waals surface area contributed by atoms with Crippen LogP contribution in [-0.4, -0.2) is 49.4 Å². The quantitative estimate of drug-likeness (QED) is 0.855. The van der Waals surface area contributed by atoms with Crippen LogP contribution in [0, 0.1) is 0 Å². The first-order valence-electron chi connectivity index (χ1n) is 7.73. The molecule has 2 rings (SSSR count). The highest BCUT2D eigenvalue weighted by Gasteiger charge is 2.26. The van der Waals surface area contributed by atoms with E-state index >= 15 is 0 Å². The molecule has 1 heterocycles. The van der Waals surface area contributed by atoms with Gasteiger partial charge in [0.25, 0.3) is 0 Å². The van der Waals surface area contributed by atoms with Gasteiger partial charge in [0.05, 0.1) is 5.69 Å². The number of nitrogens with zero attached hydrogens (tertiary/aromatic N) is 2. The van der Waals surface area contributed by atoms with Gasteiger partial charge in [-0.15, -0.1) is 0 Å². The third-order valence-electron chi connectivity index (χ3n) is 3.51. The summed E-state index contributed by atoms with van der Waals surface area (Å²) in [6.07, 6.45) is -0.346. The Labute approximate surface area is 140 Å². The number of nitrogens with two attached hydrogens (primary N) is 1. The fourth-order valence-corrected chi connectivity index (χ4v) is 2.39. The SMILES string of the molecule is CC(C)(C)OC(=O)N1CCN(c2ccc(N)c(OC(F)F)c2)CC1. The molecule has 24 heavy (non-hydrogen) atoms. The fraction of sp³-hybridized carbons (Fsp3) is 0.562. The second kappa shape index (κ2) is 7.11. The molecule has 2 N–H and O–H groups in total. The number of halogens is 2. The van der Waals surface area contributed by atoms with Gasteiger partial charge >= 0.3 is 12.7 Å². The van der Waals surface area contributed by atoms with Gasteiger partial charge < -0.3 is 25.0 Å². The molecule has 0 aliphatic carbocycles. The van der Waals surface area contributed by atoms with E-state index in [9.17, 15) is 13.6 Å². The smallest absolute Gasteiger partial charge is 0.410 e. The Morgan fingerprint density at radius 3 is 2.38 bits per heavy atom. The van der Waals surface area contributed by atoms with Gasteiger partial charge in [-0.3, -0.25) is 0 Å². The normalized spacial score (nSPS) is 15.6. The van der Waals surface area contributed by atoms with Crippen molar-refractivity contribution in [1.29, 1.82) is 0 Å². The second-order valence-corrected chi connectivity index (χ2v) is 6.56. The zero-order valence-corrected chi connectivity index (χ0v) is 14.1. The van der Waals surface area contributed by atoms with Crippen molar-refractivity contribution in [2.45, 2.75) is 33.0 Å². The largest absolute Gasteiger partial charge is 0.444 e. The van der Waals surface area contributed by atoms with Crippen molar-refractivity contribution in [3.63, 3.8) is 0 Å². The lowest BCUT2D eigenvalue weighted by molar-refractivity contribution is -0.0493. The van der Waals surface area contributed by atoms with Crippen LogP contribution < -0.4 is 15.4 Å². The highest BCUT2D eigenvalue weighted by molar-refractivity contribution is 5.69. The summed E-state index contributed by atoms with van der Waals surface area (Å²) in [5.41, 5.74) is 5.99. The maximum absolute atomic E-state index is 12.4. The van der Waals surface area contributed by atoms with Gasteiger partial charge in [-0.25, -0.2) is 4.79 Å². The van der Waals surface area contributed by atoms with Crippen LogP contribution in [0.5, 0.6) is 5.75 Å². The molecule has 0 aromatic heterocycles. The molecule has 1 aliphatic heterocycles. The molecule has 0 unspecified atom stereocenters. The molecular formula is C16H23F2N3O3. The van der Waals surface area contributed by atoms with Gasteiger partial charge in [0, 0.05) is 37.9 Å². The molecule has 134 valence electrons. The second-order valence-electron chi connectivity index (χ2n) is 6.56. The molecule has 8 heteroatoms. The molecule has 1 aliphatic rings. The predicted octanol–water partition coefficient (Wildman–Crippen LogP) is 2.93. The number of anilines is 2. The third-order valence-corrected chi connectivity index (χ3v) is 3.51. The van der Waals surface area contributed by atoms with Crippen molar-refractivity contribution in [2.75, 3.05) is 36.8 Å². The summed E-state index contributed by atoms with van der Waals surface area (Å²) in [6.45, 7) is 4.65. The fourth-order valence-electron chi connectivity index (χ4n) is 2.39. The molecule has 0 atom stereocenters. The van der Waals surface area contributed by atoms with Crippen LogP contribution in [0.15, 0.2) is 18.2 Å². The first-order chi connectivity index (χ1) is 11.2. The molecule has 1 amide bonds. The summed E-state index contributed by atoms with van der Waals surface area (Å²) in [7, 11) is 0. The number of amides is 1. The van der Waals surface area contributed by atoms with E-state index in [0.717, 1.165) is 5.69 Å². The maximum atomic E-state index is 12.4. The number of carbonyl (C=O) groups is 1. The maximum Gasteiger partial charge on any atom is 0.410 e. The minimum Gasteiger partial charge on any atom is -0.444 e. The third kappa shape index (κ3) is 4.87. The molecule has 1 aromatic carbocycles. The number of hydrogen-bond donors (Lipinski definition) is 1. The van der Waals surface area contributed by atoms with E-state index in [0.29, 0.717) is 26.2 Å². The number of nitrogen functional groups attached to an aromatic ring is 1. The Bertz CT molecular complexity index is 582. The molecule has 1 aromatic rings. The van der Waals surface area contributed by atoms with Crippen LogP contribution >= 0.6 is 0 Å². The number of piperazine rings is 1. The van der Waals surface area contributed by atoms with E-state index in [-0.39, 0.29) is 17.5 Å². The standard InChI is InChI=1S/C16H23F2N3O3/c1-16(2,3)24-15(22)21-8-6-20(7-9-21)11-4-5-12(19)13(10-11)23-14(17)18/h4-5,10,14H,6-9,19H2,1-3H3. The topological polar surface area (TPSA) is 68.0 Å². The van der Waals surface area contributed by atoms with Crippen molar-refractivity contribution in [3.05, 3.63) is 18.2 Å². The van der Waals surface area contributed by atoms with Crippen molar-refractivity contribution in [3.8, 4) is 5.75 Å². The molecule has 0 saturated carbocycles. The van der Waals surface area contributed by atoms with Gasteiger partial charge in [-0.2, -0.15) is 8.78 Å². The van der Waals surface area contributed by atoms with E-state index < -0.39 is 12.2 Å². The molecule has 1 saturated heterocycles. The predicted molar refractivity (Wildman–Crippen MR) is 87.5 cm³/mol. The highest BCUT2D eigenvalue weighted by Crippen LogP contribution is 2.29. The lowest BCUT2D eigenvalue weighted by Crippen LogP contribution is -2.50. The number of alkyl halides is 2. The summed E-state index contributed by atoms with van der Waals surface area (Å²) in [4.78, 5) is 15.7. The Kier molecular flexibility index (Phi) is 5.36. The molecule has 6 nitrogen and oxygen atoms in total. The van der Waals surface area contributed by atoms with Gasteiger partial charge in [-0.05, 0) is 32.9 Å². The number of rotatable bonds is 3. The van der Waals surface area contributed by atoms with E-state index in [4.69, 9.17) is 10.5 Å². The minimum absolute atomic E-state index is 0.0444. The minimum atomic E-state index is -2.92. The molecule has 1 fully saturated rings. The van der Waals surface area contributed by atoms with Gasteiger partial charge in [0.15, 0.2) is 5.75 Å². The summed E-state index contributed by atoms with van der Waals surface area (Å²) < 4.78 is 34.6.